The summed E-state index contributed by atoms with van der Waals surface area (Å²) in [6, 6.07) is 0. The minimum atomic E-state index is -0.420. The zero-order valence-electron chi connectivity index (χ0n) is 9.46. The summed E-state index contributed by atoms with van der Waals surface area (Å²) in [6.07, 6.45) is 2.92. The maximum absolute atomic E-state index is 9.75. The van der Waals surface area contributed by atoms with E-state index in [1.165, 1.54) is 0 Å². The first-order valence-electron chi connectivity index (χ1n) is 5.66. The van der Waals surface area contributed by atoms with Crippen molar-refractivity contribution in [1.82, 2.24) is 4.90 Å². The molecular weight excluding hydrogens is 178 g/mol. The first-order valence-corrected chi connectivity index (χ1v) is 5.66. The molecular formula is C11H23NO2. The van der Waals surface area contributed by atoms with Crippen LogP contribution in [0.3, 0.4) is 0 Å². The van der Waals surface area contributed by atoms with Gasteiger partial charge in [0, 0.05) is 32.8 Å². The van der Waals surface area contributed by atoms with Gasteiger partial charge in [0.25, 0.3) is 0 Å². The number of nitrogens with zero attached hydrogens (tertiary/aromatic N) is 1. The maximum Gasteiger partial charge on any atom is 0.0644 e. The fourth-order valence-electron chi connectivity index (χ4n) is 1.79. The Hall–Kier alpha value is -0.120. The molecule has 1 N–H and O–H groups in total. The van der Waals surface area contributed by atoms with Gasteiger partial charge in [0.1, 0.15) is 0 Å². The zero-order chi connectivity index (χ0) is 10.4. The number of aliphatic hydroxyl groups is 1. The van der Waals surface area contributed by atoms with Gasteiger partial charge >= 0.3 is 0 Å². The van der Waals surface area contributed by atoms with Crippen molar-refractivity contribution in [2.45, 2.75) is 38.7 Å². The molecule has 0 spiro atoms. The molecule has 0 aromatic rings. The van der Waals surface area contributed by atoms with Crippen LogP contribution in [-0.2, 0) is 4.74 Å². The van der Waals surface area contributed by atoms with Crippen LogP contribution in [0.4, 0.5) is 0 Å². The molecule has 1 fully saturated rings. The Kier molecular flexibility index (Phi) is 4.85. The third-order valence-electron chi connectivity index (χ3n) is 2.90. The monoisotopic (exact) mass is 201 g/mol. The van der Waals surface area contributed by atoms with Crippen LogP contribution in [0.5, 0.6) is 0 Å². The van der Waals surface area contributed by atoms with Gasteiger partial charge in [0.2, 0.25) is 0 Å². The Morgan fingerprint density at radius 2 is 2.00 bits per heavy atom. The average Bonchev–Trinajstić information content (AvgIpc) is 2.15. The fourth-order valence-corrected chi connectivity index (χ4v) is 1.79. The van der Waals surface area contributed by atoms with Crippen LogP contribution in [0.1, 0.15) is 33.1 Å². The highest BCUT2D eigenvalue weighted by Crippen LogP contribution is 2.20. The molecule has 14 heavy (non-hydrogen) atoms. The molecule has 1 heterocycles. The molecule has 0 bridgehead atoms. The van der Waals surface area contributed by atoms with Crippen molar-refractivity contribution < 1.29 is 9.84 Å². The van der Waals surface area contributed by atoms with Crippen molar-refractivity contribution in [2.24, 2.45) is 0 Å². The molecule has 84 valence electrons. The second-order valence-corrected chi connectivity index (χ2v) is 4.39. The Labute approximate surface area is 87.1 Å². The molecule has 0 saturated carbocycles. The summed E-state index contributed by atoms with van der Waals surface area (Å²) in [5.74, 6) is 0. The van der Waals surface area contributed by atoms with Crippen LogP contribution in [0, 0.1) is 0 Å². The lowest BCUT2D eigenvalue weighted by atomic mass is 9.94. The van der Waals surface area contributed by atoms with E-state index in [1.54, 1.807) is 0 Å². The number of piperidine rings is 1. The van der Waals surface area contributed by atoms with Gasteiger partial charge < -0.3 is 14.7 Å². The second-order valence-electron chi connectivity index (χ2n) is 4.39. The summed E-state index contributed by atoms with van der Waals surface area (Å²) in [4.78, 5) is 2.41. The molecule has 3 heteroatoms. The van der Waals surface area contributed by atoms with Crippen molar-refractivity contribution >= 4 is 0 Å². The predicted octanol–water partition coefficient (Wildman–Crippen LogP) is 1.26. The number of ether oxygens (including phenoxy) is 1. The molecule has 3 nitrogen and oxygen atoms in total. The van der Waals surface area contributed by atoms with Gasteiger partial charge in [-0.15, -0.1) is 0 Å². The van der Waals surface area contributed by atoms with E-state index in [0.29, 0.717) is 0 Å². The molecule has 0 aromatic carbocycles. The molecule has 1 rings (SSSR count). The van der Waals surface area contributed by atoms with Crippen molar-refractivity contribution in [3.8, 4) is 0 Å². The van der Waals surface area contributed by atoms with E-state index in [-0.39, 0.29) is 0 Å². The van der Waals surface area contributed by atoms with Gasteiger partial charge in [-0.2, -0.15) is 0 Å². The van der Waals surface area contributed by atoms with Gasteiger partial charge in [-0.05, 0) is 33.1 Å². The van der Waals surface area contributed by atoms with Crippen molar-refractivity contribution in [1.29, 1.82) is 0 Å². The molecule has 0 amide bonds. The Balaban J connectivity index is 2.04. The topological polar surface area (TPSA) is 32.7 Å². The van der Waals surface area contributed by atoms with E-state index >= 15 is 0 Å². The lowest BCUT2D eigenvalue weighted by Gasteiger charge is -2.35. The number of hydrogen-bond acceptors (Lipinski definition) is 3. The third-order valence-corrected chi connectivity index (χ3v) is 2.90. The van der Waals surface area contributed by atoms with Gasteiger partial charge in [-0.25, -0.2) is 0 Å². The predicted molar refractivity (Wildman–Crippen MR) is 57.4 cm³/mol. The van der Waals surface area contributed by atoms with Crippen LogP contribution in [0.2, 0.25) is 0 Å². The van der Waals surface area contributed by atoms with E-state index < -0.39 is 5.60 Å². The normalized spacial score (nSPS) is 22.5. The van der Waals surface area contributed by atoms with Crippen LogP contribution >= 0.6 is 0 Å². The Morgan fingerprint density at radius 3 is 2.57 bits per heavy atom. The minimum absolute atomic E-state index is 0.420. The minimum Gasteiger partial charge on any atom is -0.390 e. The highest BCUT2D eigenvalue weighted by atomic mass is 16.5. The SMILES string of the molecule is CCOCCCN1CCC(C)(O)CC1. The third kappa shape index (κ3) is 4.40. The summed E-state index contributed by atoms with van der Waals surface area (Å²) in [5, 5.41) is 9.75. The first-order chi connectivity index (χ1) is 6.64. The van der Waals surface area contributed by atoms with Crippen molar-refractivity contribution in [3.05, 3.63) is 0 Å². The molecule has 1 saturated heterocycles. The second kappa shape index (κ2) is 5.69. The highest BCUT2D eigenvalue weighted by Gasteiger charge is 2.26. The Bertz CT molecular complexity index is 149. The first kappa shape index (κ1) is 12.0. The fraction of sp³-hybridized carbons (Fsp3) is 1.00. The van der Waals surface area contributed by atoms with E-state index in [9.17, 15) is 5.11 Å². The standard InChI is InChI=1S/C11H23NO2/c1-3-14-10-4-7-12-8-5-11(2,13)6-9-12/h13H,3-10H2,1-2H3. The summed E-state index contributed by atoms with van der Waals surface area (Å²) >= 11 is 0. The number of likely N-dealkylation sites (tertiary alicyclic amines) is 1. The lowest BCUT2D eigenvalue weighted by Crippen LogP contribution is -2.42. The maximum atomic E-state index is 9.75. The molecule has 0 aromatic heterocycles. The largest absolute Gasteiger partial charge is 0.390 e. The lowest BCUT2D eigenvalue weighted by molar-refractivity contribution is -0.00705. The number of rotatable bonds is 5. The van der Waals surface area contributed by atoms with Crippen molar-refractivity contribution in [3.63, 3.8) is 0 Å². The smallest absolute Gasteiger partial charge is 0.0644 e. The average molecular weight is 201 g/mol. The summed E-state index contributed by atoms with van der Waals surface area (Å²) in [5.41, 5.74) is -0.420. The quantitative estimate of drug-likeness (QED) is 0.680. The van der Waals surface area contributed by atoms with Crippen molar-refractivity contribution in [2.75, 3.05) is 32.8 Å². The van der Waals surface area contributed by atoms with E-state index in [4.69, 9.17) is 4.74 Å². The molecule has 0 unspecified atom stereocenters. The van der Waals surface area contributed by atoms with Gasteiger partial charge in [-0.3, -0.25) is 0 Å². The van der Waals surface area contributed by atoms with Crippen LogP contribution in [0.25, 0.3) is 0 Å². The highest BCUT2D eigenvalue weighted by molar-refractivity contribution is 4.81. The summed E-state index contributed by atoms with van der Waals surface area (Å²) in [7, 11) is 0. The van der Waals surface area contributed by atoms with Crippen LogP contribution in [-0.4, -0.2) is 48.5 Å². The molecule has 0 aliphatic carbocycles. The molecule has 0 atom stereocenters. The van der Waals surface area contributed by atoms with Gasteiger partial charge in [0.15, 0.2) is 0 Å². The molecule has 0 radical (unpaired) electrons. The zero-order valence-corrected chi connectivity index (χ0v) is 9.46. The summed E-state index contributed by atoms with van der Waals surface area (Å²) < 4.78 is 5.29. The van der Waals surface area contributed by atoms with Crippen LogP contribution < -0.4 is 0 Å². The Morgan fingerprint density at radius 1 is 1.36 bits per heavy atom. The van der Waals surface area contributed by atoms with Gasteiger partial charge in [-0.1, -0.05) is 0 Å². The van der Waals surface area contributed by atoms with E-state index in [2.05, 4.69) is 4.90 Å². The summed E-state index contributed by atoms with van der Waals surface area (Å²) in [6.45, 7) is 8.80. The van der Waals surface area contributed by atoms with E-state index in [0.717, 1.165) is 52.1 Å². The van der Waals surface area contributed by atoms with E-state index in [1.807, 2.05) is 13.8 Å². The van der Waals surface area contributed by atoms with Crippen LogP contribution in [0.15, 0.2) is 0 Å². The number of hydrogen-bond donors (Lipinski definition) is 1. The molecule has 1 aliphatic rings. The van der Waals surface area contributed by atoms with Gasteiger partial charge in [0.05, 0.1) is 5.60 Å². The molecule has 1 aliphatic heterocycles.